The lowest BCUT2D eigenvalue weighted by molar-refractivity contribution is -0.139. The second-order valence-electron chi connectivity index (χ2n) is 5.41. The van der Waals surface area contributed by atoms with Crippen LogP contribution in [0.2, 0.25) is 0 Å². The Morgan fingerprint density at radius 2 is 1.76 bits per heavy atom. The number of alkyl halides is 3. The third-order valence-electron chi connectivity index (χ3n) is 3.81. The van der Waals surface area contributed by atoms with Gasteiger partial charge in [-0.3, -0.25) is 4.31 Å². The Hall–Kier alpha value is -2.26. The summed E-state index contributed by atoms with van der Waals surface area (Å²) in [6.07, 6.45) is -4.83. The minimum absolute atomic E-state index is 0.0878. The Labute approximate surface area is 142 Å². The molecule has 2 aromatic carbocycles. The van der Waals surface area contributed by atoms with Crippen LogP contribution in [0, 0.1) is 0 Å². The van der Waals surface area contributed by atoms with Gasteiger partial charge in [0.1, 0.15) is 18.4 Å². The minimum atomic E-state index is -4.83. The molecule has 1 heterocycles. The van der Waals surface area contributed by atoms with E-state index in [2.05, 4.69) is 0 Å². The number of aliphatic hydroxyl groups is 1. The number of benzene rings is 2. The molecule has 1 N–H and O–H groups in total. The van der Waals surface area contributed by atoms with Gasteiger partial charge >= 0.3 is 6.18 Å². The van der Waals surface area contributed by atoms with Gasteiger partial charge in [-0.25, -0.2) is 8.42 Å². The Kier molecular flexibility index (Phi) is 4.38. The van der Waals surface area contributed by atoms with Crippen molar-refractivity contribution >= 4 is 15.7 Å². The molecule has 0 bridgehead atoms. The number of anilines is 1. The fraction of sp³-hybridized carbons (Fsp3) is 0.250. The summed E-state index contributed by atoms with van der Waals surface area (Å²) in [6.45, 7) is -0.761. The molecule has 5 nitrogen and oxygen atoms in total. The van der Waals surface area contributed by atoms with Gasteiger partial charge in [0, 0.05) is 0 Å². The van der Waals surface area contributed by atoms with Gasteiger partial charge in [0.15, 0.2) is 0 Å². The van der Waals surface area contributed by atoms with Crippen molar-refractivity contribution in [3.05, 3.63) is 54.1 Å². The van der Waals surface area contributed by atoms with Gasteiger partial charge in [-0.15, -0.1) is 0 Å². The number of nitrogens with zero attached hydrogens (tertiary/aromatic N) is 1. The van der Waals surface area contributed by atoms with E-state index in [0.29, 0.717) is 6.07 Å². The van der Waals surface area contributed by atoms with E-state index in [4.69, 9.17) is 4.74 Å². The van der Waals surface area contributed by atoms with Gasteiger partial charge in [-0.2, -0.15) is 13.2 Å². The average Bonchev–Trinajstić information content (AvgIpc) is 2.59. The van der Waals surface area contributed by atoms with Crippen molar-refractivity contribution in [1.29, 1.82) is 0 Å². The molecule has 1 unspecified atom stereocenters. The fourth-order valence-electron chi connectivity index (χ4n) is 2.70. The lowest BCUT2D eigenvalue weighted by Gasteiger charge is -2.37. The van der Waals surface area contributed by atoms with Crippen LogP contribution in [0.1, 0.15) is 5.56 Å². The number of ether oxygens (including phenoxy) is 1. The highest BCUT2D eigenvalue weighted by atomic mass is 32.2. The third-order valence-corrected chi connectivity index (χ3v) is 5.73. The quantitative estimate of drug-likeness (QED) is 0.898. The Bertz CT molecular complexity index is 883. The summed E-state index contributed by atoms with van der Waals surface area (Å²) in [5.41, 5.74) is -1.17. The SMILES string of the molecule is O=S(=O)(c1ccccc1C(F)(F)F)N1c2ccccc2OCC1CO. The first-order valence-electron chi connectivity index (χ1n) is 7.30. The van der Waals surface area contributed by atoms with Crippen molar-refractivity contribution in [2.24, 2.45) is 0 Å². The highest BCUT2D eigenvalue weighted by Gasteiger charge is 2.42. The van der Waals surface area contributed by atoms with E-state index in [-0.39, 0.29) is 18.0 Å². The van der Waals surface area contributed by atoms with E-state index in [1.165, 1.54) is 18.2 Å². The predicted octanol–water partition coefficient (Wildman–Crippen LogP) is 2.65. The molecule has 25 heavy (non-hydrogen) atoms. The minimum Gasteiger partial charge on any atom is -0.489 e. The Balaban J connectivity index is 2.21. The zero-order valence-corrected chi connectivity index (χ0v) is 13.6. The molecule has 134 valence electrons. The van der Waals surface area contributed by atoms with Crippen LogP contribution in [-0.2, 0) is 16.2 Å². The number of rotatable bonds is 3. The largest absolute Gasteiger partial charge is 0.489 e. The highest BCUT2D eigenvalue weighted by molar-refractivity contribution is 7.93. The van der Waals surface area contributed by atoms with Crippen LogP contribution >= 0.6 is 0 Å². The van der Waals surface area contributed by atoms with E-state index in [1.807, 2.05) is 0 Å². The van der Waals surface area contributed by atoms with E-state index in [1.54, 1.807) is 12.1 Å². The first-order valence-corrected chi connectivity index (χ1v) is 8.74. The molecule has 0 aromatic heterocycles. The molecule has 0 amide bonds. The van der Waals surface area contributed by atoms with E-state index in [0.717, 1.165) is 16.4 Å². The molecule has 1 aliphatic heterocycles. The first kappa shape index (κ1) is 17.6. The van der Waals surface area contributed by atoms with Crippen LogP contribution in [0.25, 0.3) is 0 Å². The highest BCUT2D eigenvalue weighted by Crippen LogP contribution is 2.40. The van der Waals surface area contributed by atoms with Crippen LogP contribution in [0.5, 0.6) is 5.75 Å². The van der Waals surface area contributed by atoms with Crippen molar-refractivity contribution in [3.8, 4) is 5.75 Å². The van der Waals surface area contributed by atoms with Crippen LogP contribution in [0.3, 0.4) is 0 Å². The second kappa shape index (κ2) is 6.23. The van der Waals surface area contributed by atoms with Crippen molar-refractivity contribution in [3.63, 3.8) is 0 Å². The number of hydrogen-bond acceptors (Lipinski definition) is 4. The maximum absolute atomic E-state index is 13.3. The van der Waals surface area contributed by atoms with E-state index in [9.17, 15) is 26.7 Å². The van der Waals surface area contributed by atoms with Crippen LogP contribution in [-0.4, -0.2) is 32.8 Å². The molecule has 0 aliphatic carbocycles. The number of hydrogen-bond donors (Lipinski definition) is 1. The zero-order chi connectivity index (χ0) is 18.2. The number of fused-ring (bicyclic) bond motifs is 1. The standard InChI is InChI=1S/C16H14F3NO4S/c17-16(18,19)12-5-1-4-8-15(12)25(22,23)20-11(9-21)10-24-14-7-3-2-6-13(14)20/h1-8,11,21H,9-10H2. The smallest absolute Gasteiger partial charge is 0.417 e. The second-order valence-corrected chi connectivity index (χ2v) is 7.19. The maximum Gasteiger partial charge on any atom is 0.417 e. The van der Waals surface area contributed by atoms with Gasteiger partial charge in [0.2, 0.25) is 0 Å². The topological polar surface area (TPSA) is 66.8 Å². The van der Waals surface area contributed by atoms with Crippen molar-refractivity contribution in [1.82, 2.24) is 0 Å². The number of sulfonamides is 1. The molecular formula is C16H14F3NO4S. The Morgan fingerprint density at radius 3 is 2.44 bits per heavy atom. The third kappa shape index (κ3) is 3.05. The van der Waals surface area contributed by atoms with Crippen LogP contribution in [0.15, 0.2) is 53.4 Å². The van der Waals surface area contributed by atoms with Crippen molar-refractivity contribution < 1.29 is 31.4 Å². The zero-order valence-electron chi connectivity index (χ0n) is 12.8. The summed E-state index contributed by atoms with van der Waals surface area (Å²) in [7, 11) is -4.58. The summed E-state index contributed by atoms with van der Waals surface area (Å²) in [5, 5.41) is 9.52. The monoisotopic (exact) mass is 373 g/mol. The Morgan fingerprint density at radius 1 is 1.12 bits per heavy atom. The lowest BCUT2D eigenvalue weighted by atomic mass is 10.2. The average molecular weight is 373 g/mol. The van der Waals surface area contributed by atoms with E-state index >= 15 is 0 Å². The predicted molar refractivity (Wildman–Crippen MR) is 83.9 cm³/mol. The molecule has 0 saturated carbocycles. The van der Waals surface area contributed by atoms with Crippen molar-refractivity contribution in [2.45, 2.75) is 17.1 Å². The van der Waals surface area contributed by atoms with Gasteiger partial charge in [0.05, 0.1) is 22.8 Å². The molecule has 9 heteroatoms. The molecule has 0 radical (unpaired) electrons. The van der Waals surface area contributed by atoms with Gasteiger partial charge in [-0.1, -0.05) is 24.3 Å². The van der Waals surface area contributed by atoms with Gasteiger partial charge in [-0.05, 0) is 24.3 Å². The molecule has 0 saturated heterocycles. The molecule has 0 fully saturated rings. The van der Waals surface area contributed by atoms with Gasteiger partial charge < -0.3 is 9.84 Å². The molecule has 1 aliphatic rings. The number of halogens is 3. The normalized spacial score (nSPS) is 17.8. The number of aliphatic hydroxyl groups excluding tert-OH is 1. The maximum atomic E-state index is 13.3. The van der Waals surface area contributed by atoms with Gasteiger partial charge in [0.25, 0.3) is 10.0 Å². The van der Waals surface area contributed by atoms with E-state index < -0.39 is 39.3 Å². The first-order chi connectivity index (χ1) is 11.8. The molecule has 2 aromatic rings. The molecule has 0 spiro atoms. The summed E-state index contributed by atoms with van der Waals surface area (Å²) >= 11 is 0. The summed E-state index contributed by atoms with van der Waals surface area (Å²) < 4.78 is 72.1. The van der Waals surface area contributed by atoms with Crippen LogP contribution in [0.4, 0.5) is 18.9 Å². The summed E-state index contributed by atoms with van der Waals surface area (Å²) in [4.78, 5) is -0.863. The lowest BCUT2D eigenvalue weighted by Crippen LogP contribution is -2.49. The fourth-order valence-corrected chi connectivity index (χ4v) is 4.55. The molecule has 3 rings (SSSR count). The number of para-hydroxylation sites is 2. The van der Waals surface area contributed by atoms with Crippen LogP contribution < -0.4 is 9.04 Å². The summed E-state index contributed by atoms with van der Waals surface area (Å²) in [6, 6.07) is 9.04. The molecular weight excluding hydrogens is 359 g/mol. The summed E-state index contributed by atoms with van der Waals surface area (Å²) in [5.74, 6) is 0.222. The van der Waals surface area contributed by atoms with Crippen molar-refractivity contribution in [2.75, 3.05) is 17.5 Å². The molecule has 1 atom stereocenters.